The lowest BCUT2D eigenvalue weighted by Gasteiger charge is -2.22. The smallest absolute Gasteiger partial charge is 0.243 e. The Morgan fingerprint density at radius 2 is 1.63 bits per heavy atom. The first kappa shape index (κ1) is 22.2. The van der Waals surface area contributed by atoms with Crippen molar-refractivity contribution in [3.05, 3.63) is 94.2 Å². The average molecular weight is 464 g/mol. The molecule has 0 atom stereocenters. The zero-order valence-corrected chi connectivity index (χ0v) is 18.2. The van der Waals surface area contributed by atoms with Crippen LogP contribution in [-0.2, 0) is 27.9 Å². The molecule has 2 aromatic carbocycles. The van der Waals surface area contributed by atoms with Crippen LogP contribution in [0.25, 0.3) is 0 Å². The molecule has 0 aliphatic carbocycles. The Morgan fingerprint density at radius 3 is 2.30 bits per heavy atom. The van der Waals surface area contributed by atoms with Crippen molar-refractivity contribution in [2.75, 3.05) is 6.54 Å². The number of amides is 1. The molecule has 0 aliphatic rings. The number of carbonyl (C=O) groups is 1. The van der Waals surface area contributed by atoms with E-state index in [2.05, 4.69) is 10.3 Å². The van der Waals surface area contributed by atoms with Crippen LogP contribution in [-0.4, -0.2) is 30.2 Å². The Morgan fingerprint density at radius 1 is 0.933 bits per heavy atom. The molecule has 6 nitrogen and oxygen atoms in total. The van der Waals surface area contributed by atoms with Gasteiger partial charge in [0.1, 0.15) is 0 Å². The van der Waals surface area contributed by atoms with Crippen LogP contribution < -0.4 is 5.32 Å². The summed E-state index contributed by atoms with van der Waals surface area (Å²) in [4.78, 5) is 16.5. The number of sulfonamides is 1. The lowest BCUT2D eigenvalue weighted by Crippen LogP contribution is -2.40. The number of hydrogen-bond acceptors (Lipinski definition) is 4. The summed E-state index contributed by atoms with van der Waals surface area (Å²) in [6.45, 7) is -0.0793. The Hall–Kier alpha value is -2.45. The van der Waals surface area contributed by atoms with Crippen molar-refractivity contribution < 1.29 is 13.2 Å². The zero-order valence-electron chi connectivity index (χ0n) is 15.8. The summed E-state index contributed by atoms with van der Waals surface area (Å²) in [6.07, 6.45) is 3.25. The molecular formula is C21H19Cl2N3O3S. The Balaban J connectivity index is 1.81. The van der Waals surface area contributed by atoms with Gasteiger partial charge in [0.15, 0.2) is 0 Å². The molecule has 0 aliphatic heterocycles. The Labute approximate surface area is 185 Å². The molecule has 1 heterocycles. The first-order valence-corrected chi connectivity index (χ1v) is 11.2. The Bertz CT molecular complexity index is 1110. The second-order valence-corrected chi connectivity index (χ2v) is 9.30. The predicted octanol–water partition coefficient (Wildman–Crippen LogP) is 3.90. The van der Waals surface area contributed by atoms with Gasteiger partial charge in [0.25, 0.3) is 0 Å². The largest absolute Gasteiger partial charge is 0.351 e. The maximum absolute atomic E-state index is 13.2. The lowest BCUT2D eigenvalue weighted by atomic mass is 10.2. The average Bonchev–Trinajstić information content (AvgIpc) is 2.73. The van der Waals surface area contributed by atoms with Crippen LogP contribution in [0.5, 0.6) is 0 Å². The normalized spacial score (nSPS) is 11.4. The summed E-state index contributed by atoms with van der Waals surface area (Å²) in [5.74, 6) is -0.425. The third-order valence-electron chi connectivity index (χ3n) is 4.26. The Kier molecular flexibility index (Phi) is 7.44. The van der Waals surface area contributed by atoms with Crippen molar-refractivity contribution in [2.24, 2.45) is 0 Å². The molecule has 3 rings (SSSR count). The van der Waals surface area contributed by atoms with E-state index in [9.17, 15) is 13.2 Å². The molecule has 1 amide bonds. The fourth-order valence-corrected chi connectivity index (χ4v) is 4.46. The SMILES string of the molecule is O=C(CN(Cc1cccc(Cl)c1)S(=O)(=O)c1ccc(Cl)cc1)NCc1ccncc1. The molecule has 0 unspecified atom stereocenters. The van der Waals surface area contributed by atoms with E-state index in [-0.39, 0.29) is 24.5 Å². The maximum Gasteiger partial charge on any atom is 0.243 e. The van der Waals surface area contributed by atoms with Gasteiger partial charge < -0.3 is 5.32 Å². The van der Waals surface area contributed by atoms with Crippen LogP contribution in [0.3, 0.4) is 0 Å². The molecular weight excluding hydrogens is 445 g/mol. The van der Waals surface area contributed by atoms with Gasteiger partial charge in [0, 0.05) is 35.5 Å². The third kappa shape index (κ3) is 6.03. The van der Waals surface area contributed by atoms with E-state index in [1.54, 1.807) is 48.8 Å². The third-order valence-corrected chi connectivity index (χ3v) is 6.55. The van der Waals surface area contributed by atoms with Gasteiger partial charge in [0.2, 0.25) is 15.9 Å². The minimum absolute atomic E-state index is 0.00576. The van der Waals surface area contributed by atoms with Crippen LogP contribution in [0.15, 0.2) is 78.0 Å². The predicted molar refractivity (Wildman–Crippen MR) is 117 cm³/mol. The molecule has 30 heavy (non-hydrogen) atoms. The molecule has 156 valence electrons. The van der Waals surface area contributed by atoms with Crippen molar-refractivity contribution in [1.29, 1.82) is 0 Å². The number of carbonyl (C=O) groups excluding carboxylic acids is 1. The second kappa shape index (κ2) is 10.0. The molecule has 0 spiro atoms. The minimum Gasteiger partial charge on any atom is -0.351 e. The van der Waals surface area contributed by atoms with Crippen LogP contribution in [0.4, 0.5) is 0 Å². The van der Waals surface area contributed by atoms with Crippen molar-refractivity contribution in [1.82, 2.24) is 14.6 Å². The van der Waals surface area contributed by atoms with Crippen molar-refractivity contribution in [3.63, 3.8) is 0 Å². The van der Waals surface area contributed by atoms with Gasteiger partial charge >= 0.3 is 0 Å². The van der Waals surface area contributed by atoms with Gasteiger partial charge in [0.05, 0.1) is 11.4 Å². The van der Waals surface area contributed by atoms with Crippen molar-refractivity contribution in [3.8, 4) is 0 Å². The number of pyridine rings is 1. The van der Waals surface area contributed by atoms with E-state index in [0.717, 1.165) is 9.87 Å². The van der Waals surface area contributed by atoms with Crippen LogP contribution in [0.2, 0.25) is 10.0 Å². The molecule has 0 bridgehead atoms. The van der Waals surface area contributed by atoms with Crippen LogP contribution in [0.1, 0.15) is 11.1 Å². The number of aromatic nitrogens is 1. The fourth-order valence-electron chi connectivity index (χ4n) is 2.74. The monoisotopic (exact) mass is 463 g/mol. The maximum atomic E-state index is 13.2. The van der Waals surface area contributed by atoms with Gasteiger partial charge in [-0.15, -0.1) is 0 Å². The highest BCUT2D eigenvalue weighted by Crippen LogP contribution is 2.21. The minimum atomic E-state index is -3.95. The van der Waals surface area contributed by atoms with E-state index in [0.29, 0.717) is 15.6 Å². The van der Waals surface area contributed by atoms with Gasteiger partial charge in [-0.1, -0.05) is 35.3 Å². The molecule has 0 radical (unpaired) electrons. The van der Waals surface area contributed by atoms with Crippen molar-refractivity contribution in [2.45, 2.75) is 18.0 Å². The topological polar surface area (TPSA) is 79.4 Å². The van der Waals surface area contributed by atoms with E-state index in [1.165, 1.54) is 24.3 Å². The number of nitrogens with zero attached hydrogens (tertiary/aromatic N) is 2. The standard InChI is InChI=1S/C21H19Cl2N3O3S/c22-18-4-6-20(7-5-18)30(28,29)26(14-17-2-1-3-19(23)12-17)15-21(27)25-13-16-8-10-24-11-9-16/h1-12H,13-15H2,(H,25,27). The highest BCUT2D eigenvalue weighted by atomic mass is 35.5. The number of nitrogens with one attached hydrogen (secondary N) is 1. The number of benzene rings is 2. The summed E-state index contributed by atoms with van der Waals surface area (Å²) in [5, 5.41) is 3.65. The summed E-state index contributed by atoms with van der Waals surface area (Å²) >= 11 is 11.9. The summed E-state index contributed by atoms with van der Waals surface area (Å²) in [7, 11) is -3.95. The molecule has 3 aromatic rings. The molecule has 0 saturated heterocycles. The summed E-state index contributed by atoms with van der Waals surface area (Å²) < 4.78 is 27.5. The van der Waals surface area contributed by atoms with Crippen LogP contribution >= 0.6 is 23.2 Å². The van der Waals surface area contributed by atoms with Gasteiger partial charge in [-0.2, -0.15) is 4.31 Å². The molecule has 0 saturated carbocycles. The first-order valence-electron chi connectivity index (χ1n) is 9.00. The number of halogens is 2. The van der Waals surface area contributed by atoms with E-state index < -0.39 is 15.9 Å². The van der Waals surface area contributed by atoms with Crippen LogP contribution in [0, 0.1) is 0 Å². The van der Waals surface area contributed by atoms with Crippen molar-refractivity contribution >= 4 is 39.1 Å². The molecule has 0 fully saturated rings. The zero-order chi connectivity index (χ0) is 21.6. The lowest BCUT2D eigenvalue weighted by molar-refractivity contribution is -0.121. The second-order valence-electron chi connectivity index (χ2n) is 6.49. The van der Waals surface area contributed by atoms with E-state index in [4.69, 9.17) is 23.2 Å². The summed E-state index contributed by atoms with van der Waals surface area (Å²) in [6, 6.07) is 16.2. The van der Waals surface area contributed by atoms with E-state index >= 15 is 0 Å². The molecule has 1 aromatic heterocycles. The van der Waals surface area contributed by atoms with Gasteiger partial charge in [-0.3, -0.25) is 9.78 Å². The quantitative estimate of drug-likeness (QED) is 0.549. The fraction of sp³-hybridized carbons (Fsp3) is 0.143. The van der Waals surface area contributed by atoms with E-state index in [1.807, 2.05) is 0 Å². The summed E-state index contributed by atoms with van der Waals surface area (Å²) in [5.41, 5.74) is 1.53. The molecule has 9 heteroatoms. The number of rotatable bonds is 8. The number of hydrogen-bond donors (Lipinski definition) is 1. The molecule has 1 N–H and O–H groups in total. The van der Waals surface area contributed by atoms with Gasteiger partial charge in [-0.05, 0) is 59.7 Å². The highest BCUT2D eigenvalue weighted by Gasteiger charge is 2.27. The van der Waals surface area contributed by atoms with Gasteiger partial charge in [-0.25, -0.2) is 8.42 Å². The first-order chi connectivity index (χ1) is 14.3. The highest BCUT2D eigenvalue weighted by molar-refractivity contribution is 7.89.